The summed E-state index contributed by atoms with van der Waals surface area (Å²) >= 11 is 0. The van der Waals surface area contributed by atoms with E-state index in [4.69, 9.17) is 4.74 Å². The van der Waals surface area contributed by atoms with Crippen molar-refractivity contribution in [2.45, 2.75) is 20.3 Å². The number of nitrogens with zero attached hydrogens (tertiary/aromatic N) is 3. The molecule has 0 spiro atoms. The van der Waals surface area contributed by atoms with Crippen LogP contribution in [0.2, 0.25) is 0 Å². The van der Waals surface area contributed by atoms with Gasteiger partial charge in [0.2, 0.25) is 0 Å². The van der Waals surface area contributed by atoms with Crippen LogP contribution in [0.15, 0.2) is 30.3 Å². The highest BCUT2D eigenvalue weighted by atomic mass is 16.5. The highest BCUT2D eigenvalue weighted by Crippen LogP contribution is 2.20. The summed E-state index contributed by atoms with van der Waals surface area (Å²) in [5.74, 6) is 0.715. The molecule has 1 aromatic carbocycles. The van der Waals surface area contributed by atoms with Gasteiger partial charge in [0.25, 0.3) is 5.91 Å². The number of carbonyl (C=O) groups is 1. The third-order valence-electron chi connectivity index (χ3n) is 4.31. The molecular formula is C19H22N4O2. The molecule has 3 aromatic rings. The van der Waals surface area contributed by atoms with Crippen LogP contribution in [0, 0.1) is 13.8 Å². The molecule has 0 unspecified atom stereocenters. The number of pyridine rings is 1. The fourth-order valence-corrected chi connectivity index (χ4v) is 2.98. The van der Waals surface area contributed by atoms with Gasteiger partial charge in [-0.1, -0.05) is 18.2 Å². The maximum atomic E-state index is 12.6. The molecule has 0 saturated heterocycles. The van der Waals surface area contributed by atoms with Crippen molar-refractivity contribution < 1.29 is 9.53 Å². The molecule has 2 heterocycles. The van der Waals surface area contributed by atoms with Crippen molar-refractivity contribution in [1.82, 2.24) is 20.1 Å². The number of nitrogens with one attached hydrogen (secondary N) is 1. The molecule has 0 saturated carbocycles. The van der Waals surface area contributed by atoms with Crippen molar-refractivity contribution in [3.8, 4) is 5.75 Å². The van der Waals surface area contributed by atoms with Crippen LogP contribution < -0.4 is 10.1 Å². The van der Waals surface area contributed by atoms with Crippen molar-refractivity contribution >= 4 is 16.9 Å². The number of para-hydroxylation sites is 1. The van der Waals surface area contributed by atoms with Gasteiger partial charge in [0.05, 0.1) is 24.1 Å². The van der Waals surface area contributed by atoms with Crippen LogP contribution in [0.3, 0.4) is 0 Å². The first kappa shape index (κ1) is 17.0. The summed E-state index contributed by atoms with van der Waals surface area (Å²) in [7, 11) is 3.51. The molecule has 0 fully saturated rings. The molecule has 0 aliphatic heterocycles. The lowest BCUT2D eigenvalue weighted by Crippen LogP contribution is -2.26. The van der Waals surface area contributed by atoms with Gasteiger partial charge < -0.3 is 10.1 Å². The zero-order chi connectivity index (χ0) is 18.0. The zero-order valence-electron chi connectivity index (χ0n) is 15.0. The van der Waals surface area contributed by atoms with Crippen molar-refractivity contribution in [3.63, 3.8) is 0 Å². The topological polar surface area (TPSA) is 69.0 Å². The number of aryl methyl sites for hydroxylation is 3. The van der Waals surface area contributed by atoms with Crippen LogP contribution >= 0.6 is 0 Å². The summed E-state index contributed by atoms with van der Waals surface area (Å²) in [6.45, 7) is 4.29. The Morgan fingerprint density at radius 3 is 2.76 bits per heavy atom. The Balaban J connectivity index is 1.74. The van der Waals surface area contributed by atoms with E-state index in [2.05, 4.69) is 15.4 Å². The van der Waals surface area contributed by atoms with Crippen molar-refractivity contribution in [2.24, 2.45) is 7.05 Å². The minimum absolute atomic E-state index is 0.120. The first-order chi connectivity index (χ1) is 12.0. The van der Waals surface area contributed by atoms with E-state index >= 15 is 0 Å². The van der Waals surface area contributed by atoms with E-state index in [1.54, 1.807) is 11.8 Å². The van der Waals surface area contributed by atoms with Gasteiger partial charge in [-0.25, -0.2) is 4.98 Å². The van der Waals surface area contributed by atoms with Crippen LogP contribution in [0.1, 0.15) is 27.3 Å². The SMILES string of the molecule is COc1ccccc1CCNC(=O)c1cc2c(C)nn(C)c2nc1C. The van der Waals surface area contributed by atoms with Gasteiger partial charge in [0, 0.05) is 19.0 Å². The quantitative estimate of drug-likeness (QED) is 0.776. The molecule has 0 aliphatic rings. The lowest BCUT2D eigenvalue weighted by atomic mass is 10.1. The normalized spacial score (nSPS) is 10.9. The maximum absolute atomic E-state index is 12.6. The summed E-state index contributed by atoms with van der Waals surface area (Å²) in [4.78, 5) is 17.1. The molecular weight excluding hydrogens is 316 g/mol. The molecule has 6 heteroatoms. The van der Waals surface area contributed by atoms with Gasteiger partial charge in [-0.2, -0.15) is 5.10 Å². The lowest BCUT2D eigenvalue weighted by molar-refractivity contribution is 0.0953. The minimum atomic E-state index is -0.120. The van der Waals surface area contributed by atoms with Gasteiger partial charge in [-0.05, 0) is 38.0 Å². The molecule has 0 atom stereocenters. The highest BCUT2D eigenvalue weighted by molar-refractivity contribution is 5.98. The Labute approximate surface area is 146 Å². The fraction of sp³-hybridized carbons (Fsp3) is 0.316. The molecule has 0 bridgehead atoms. The van der Waals surface area contributed by atoms with E-state index in [0.717, 1.165) is 28.0 Å². The smallest absolute Gasteiger partial charge is 0.253 e. The number of ether oxygens (including phenoxy) is 1. The van der Waals surface area contributed by atoms with Crippen molar-refractivity contribution in [2.75, 3.05) is 13.7 Å². The number of rotatable bonds is 5. The second-order valence-electron chi connectivity index (χ2n) is 6.02. The van der Waals surface area contributed by atoms with E-state index < -0.39 is 0 Å². The summed E-state index contributed by atoms with van der Waals surface area (Å²) in [6.07, 6.45) is 0.705. The number of fused-ring (bicyclic) bond motifs is 1. The Kier molecular flexibility index (Phi) is 4.70. The van der Waals surface area contributed by atoms with E-state index in [-0.39, 0.29) is 5.91 Å². The lowest BCUT2D eigenvalue weighted by Gasteiger charge is -2.10. The van der Waals surface area contributed by atoms with Gasteiger partial charge in [-0.15, -0.1) is 0 Å². The predicted molar refractivity (Wildman–Crippen MR) is 97.0 cm³/mol. The van der Waals surface area contributed by atoms with Crippen molar-refractivity contribution in [1.29, 1.82) is 0 Å². The van der Waals surface area contributed by atoms with E-state index in [1.165, 1.54) is 0 Å². The van der Waals surface area contributed by atoms with E-state index in [9.17, 15) is 4.79 Å². The molecule has 0 aliphatic carbocycles. The van der Waals surface area contributed by atoms with Crippen LogP contribution in [0.4, 0.5) is 0 Å². The standard InChI is InChI=1S/C19H22N4O2/c1-12-16(11-15-13(2)22-23(3)18(15)21-12)19(24)20-10-9-14-7-5-6-8-17(14)25-4/h5-8,11H,9-10H2,1-4H3,(H,20,24). The van der Waals surface area contributed by atoms with Gasteiger partial charge in [0.15, 0.2) is 5.65 Å². The van der Waals surface area contributed by atoms with Crippen LogP contribution in [-0.2, 0) is 13.5 Å². The number of amides is 1. The third-order valence-corrected chi connectivity index (χ3v) is 4.31. The largest absolute Gasteiger partial charge is 0.496 e. The van der Waals surface area contributed by atoms with Crippen LogP contribution in [0.5, 0.6) is 5.75 Å². The summed E-state index contributed by atoms with van der Waals surface area (Å²) in [6, 6.07) is 9.69. The van der Waals surface area contributed by atoms with E-state index in [0.29, 0.717) is 24.2 Å². The first-order valence-electron chi connectivity index (χ1n) is 8.22. The van der Waals surface area contributed by atoms with Crippen LogP contribution in [-0.4, -0.2) is 34.3 Å². The second-order valence-corrected chi connectivity index (χ2v) is 6.02. The molecule has 3 rings (SSSR count). The Morgan fingerprint density at radius 2 is 2.00 bits per heavy atom. The molecule has 130 valence electrons. The minimum Gasteiger partial charge on any atom is -0.496 e. The summed E-state index contributed by atoms with van der Waals surface area (Å²) in [5.41, 5.74) is 4.02. The maximum Gasteiger partial charge on any atom is 0.253 e. The second kappa shape index (κ2) is 6.93. The number of methoxy groups -OCH3 is 1. The van der Waals surface area contributed by atoms with Gasteiger partial charge in [0.1, 0.15) is 5.75 Å². The molecule has 1 N–H and O–H groups in total. The first-order valence-corrected chi connectivity index (χ1v) is 8.22. The molecule has 2 aromatic heterocycles. The van der Waals surface area contributed by atoms with Crippen LogP contribution in [0.25, 0.3) is 11.0 Å². The third kappa shape index (κ3) is 3.33. The summed E-state index contributed by atoms with van der Waals surface area (Å²) < 4.78 is 7.08. The zero-order valence-corrected chi connectivity index (χ0v) is 15.0. The average Bonchev–Trinajstić information content (AvgIpc) is 2.88. The predicted octanol–water partition coefficient (Wildman–Crippen LogP) is 2.57. The Bertz CT molecular complexity index is 931. The molecule has 1 amide bonds. The van der Waals surface area contributed by atoms with Gasteiger partial charge in [-0.3, -0.25) is 9.48 Å². The van der Waals surface area contributed by atoms with Gasteiger partial charge >= 0.3 is 0 Å². The number of carbonyl (C=O) groups excluding carboxylic acids is 1. The molecule has 0 radical (unpaired) electrons. The monoisotopic (exact) mass is 338 g/mol. The number of hydrogen-bond donors (Lipinski definition) is 1. The fourth-order valence-electron chi connectivity index (χ4n) is 2.98. The average molecular weight is 338 g/mol. The molecule has 25 heavy (non-hydrogen) atoms. The number of benzene rings is 1. The Hall–Kier alpha value is -2.89. The number of hydrogen-bond acceptors (Lipinski definition) is 4. The highest BCUT2D eigenvalue weighted by Gasteiger charge is 2.15. The van der Waals surface area contributed by atoms with Crippen molar-refractivity contribution in [3.05, 3.63) is 52.8 Å². The summed E-state index contributed by atoms with van der Waals surface area (Å²) in [5, 5.41) is 8.24. The van der Waals surface area contributed by atoms with E-state index in [1.807, 2.05) is 51.2 Å². The number of aromatic nitrogens is 3. The molecule has 6 nitrogen and oxygen atoms in total. The Morgan fingerprint density at radius 1 is 1.24 bits per heavy atom.